The molecular weight excluding hydrogens is 343 g/mol. The molecule has 0 aliphatic rings. The topological polar surface area (TPSA) is 63.2 Å². The molecule has 0 heterocycles. The van der Waals surface area contributed by atoms with Gasteiger partial charge in [0.15, 0.2) is 5.78 Å². The summed E-state index contributed by atoms with van der Waals surface area (Å²) < 4.78 is 61.0. The number of carbonyl (C=O) groups excluding carboxylic acids is 1. The second kappa shape index (κ2) is 6.27. The Labute approximate surface area is 137 Å². The number of nitrogens with one attached hydrogen (secondary N) is 1. The van der Waals surface area contributed by atoms with E-state index in [0.717, 1.165) is 23.3 Å². The van der Waals surface area contributed by atoms with Crippen LogP contribution in [0.15, 0.2) is 42.5 Å². The predicted molar refractivity (Wildman–Crippen MR) is 84.4 cm³/mol. The molecule has 0 aliphatic heterocycles. The first-order chi connectivity index (χ1) is 11.0. The Kier molecular flexibility index (Phi) is 4.70. The molecule has 0 saturated heterocycles. The summed E-state index contributed by atoms with van der Waals surface area (Å²) in [6.45, 7) is 3.49. The van der Waals surface area contributed by atoms with Crippen LogP contribution in [0, 0.1) is 13.8 Å². The Morgan fingerprint density at radius 3 is 2.08 bits per heavy atom. The standard InChI is InChI=1S/C16H14F3NO3S/c1-10-5-3-6-11(2)14(10)15(21)12-7-4-8-13(9-12)20-24(22,23)16(17,18)19/h3-9,20H,1-2H3. The number of aryl methyl sites for hydroxylation is 2. The van der Waals surface area contributed by atoms with Gasteiger partial charge in [0, 0.05) is 16.8 Å². The summed E-state index contributed by atoms with van der Waals surface area (Å²) in [5.74, 6) is -0.390. The van der Waals surface area contributed by atoms with Crippen molar-refractivity contribution in [2.24, 2.45) is 0 Å². The van der Waals surface area contributed by atoms with E-state index in [9.17, 15) is 26.4 Å². The van der Waals surface area contributed by atoms with E-state index >= 15 is 0 Å². The quantitative estimate of drug-likeness (QED) is 0.847. The predicted octanol–water partition coefficient (Wildman–Crippen LogP) is 3.80. The van der Waals surface area contributed by atoms with Crippen LogP contribution in [0.2, 0.25) is 0 Å². The molecule has 2 aromatic carbocycles. The molecule has 8 heteroatoms. The number of hydrogen-bond donors (Lipinski definition) is 1. The molecule has 4 nitrogen and oxygen atoms in total. The zero-order valence-corrected chi connectivity index (χ0v) is 13.6. The van der Waals surface area contributed by atoms with E-state index in [1.165, 1.54) is 16.9 Å². The normalized spacial score (nSPS) is 12.0. The maximum atomic E-state index is 12.6. The first kappa shape index (κ1) is 18.0. The van der Waals surface area contributed by atoms with Gasteiger partial charge in [-0.2, -0.15) is 21.6 Å². The third kappa shape index (κ3) is 3.59. The van der Waals surface area contributed by atoms with Gasteiger partial charge in [-0.1, -0.05) is 30.3 Å². The van der Waals surface area contributed by atoms with Gasteiger partial charge in [-0.15, -0.1) is 0 Å². The number of sulfonamides is 1. The van der Waals surface area contributed by atoms with Gasteiger partial charge in [0.25, 0.3) is 0 Å². The molecule has 2 aromatic rings. The molecule has 2 rings (SSSR count). The smallest absolute Gasteiger partial charge is 0.289 e. The van der Waals surface area contributed by atoms with E-state index < -0.39 is 21.3 Å². The second-order valence-electron chi connectivity index (χ2n) is 5.23. The van der Waals surface area contributed by atoms with Crippen molar-refractivity contribution in [2.45, 2.75) is 19.4 Å². The largest absolute Gasteiger partial charge is 0.516 e. The summed E-state index contributed by atoms with van der Waals surface area (Å²) in [6.07, 6.45) is 0. The van der Waals surface area contributed by atoms with Crippen LogP contribution >= 0.6 is 0 Å². The van der Waals surface area contributed by atoms with Gasteiger partial charge in [0.2, 0.25) is 0 Å². The van der Waals surface area contributed by atoms with E-state index in [1.807, 2.05) is 0 Å². The average molecular weight is 357 g/mol. The van der Waals surface area contributed by atoms with Crippen molar-refractivity contribution in [3.63, 3.8) is 0 Å². The zero-order chi connectivity index (χ0) is 18.1. The maximum absolute atomic E-state index is 12.6. The van der Waals surface area contributed by atoms with Crippen molar-refractivity contribution >= 4 is 21.5 Å². The minimum atomic E-state index is -5.54. The van der Waals surface area contributed by atoms with Crippen molar-refractivity contribution in [1.29, 1.82) is 0 Å². The Morgan fingerprint density at radius 1 is 1.00 bits per heavy atom. The lowest BCUT2D eigenvalue weighted by Gasteiger charge is -2.12. The summed E-state index contributed by atoms with van der Waals surface area (Å²) in [5, 5.41) is 0. The Bertz CT molecular complexity index is 869. The highest BCUT2D eigenvalue weighted by atomic mass is 32.2. The van der Waals surface area contributed by atoms with Gasteiger partial charge in [-0.25, -0.2) is 0 Å². The van der Waals surface area contributed by atoms with Crippen molar-refractivity contribution < 1.29 is 26.4 Å². The number of rotatable bonds is 4. The van der Waals surface area contributed by atoms with Crippen LogP contribution in [0.5, 0.6) is 0 Å². The zero-order valence-electron chi connectivity index (χ0n) is 12.8. The molecule has 0 radical (unpaired) electrons. The fourth-order valence-corrected chi connectivity index (χ4v) is 2.81. The minimum absolute atomic E-state index is 0.0924. The van der Waals surface area contributed by atoms with Crippen LogP contribution in [-0.4, -0.2) is 19.7 Å². The molecule has 0 atom stereocenters. The summed E-state index contributed by atoms with van der Waals surface area (Å²) in [7, 11) is -5.54. The molecular formula is C16H14F3NO3S. The van der Waals surface area contributed by atoms with Gasteiger partial charge in [-0.05, 0) is 37.1 Å². The van der Waals surface area contributed by atoms with Crippen molar-refractivity contribution in [1.82, 2.24) is 0 Å². The van der Waals surface area contributed by atoms with Crippen LogP contribution in [-0.2, 0) is 10.0 Å². The van der Waals surface area contributed by atoms with E-state index in [2.05, 4.69) is 0 Å². The van der Waals surface area contributed by atoms with Crippen molar-refractivity contribution in [2.75, 3.05) is 4.72 Å². The first-order valence-corrected chi connectivity index (χ1v) is 8.31. The first-order valence-electron chi connectivity index (χ1n) is 6.83. The molecule has 0 spiro atoms. The molecule has 0 saturated carbocycles. The maximum Gasteiger partial charge on any atom is 0.516 e. The van der Waals surface area contributed by atoms with E-state index in [4.69, 9.17) is 0 Å². The highest BCUT2D eigenvalue weighted by molar-refractivity contribution is 7.93. The highest BCUT2D eigenvalue weighted by Crippen LogP contribution is 2.26. The van der Waals surface area contributed by atoms with E-state index in [1.54, 1.807) is 32.0 Å². The molecule has 0 amide bonds. The van der Waals surface area contributed by atoms with E-state index in [-0.39, 0.29) is 11.3 Å². The van der Waals surface area contributed by atoms with E-state index in [0.29, 0.717) is 5.56 Å². The number of anilines is 1. The molecule has 128 valence electrons. The minimum Gasteiger partial charge on any atom is -0.289 e. The molecule has 24 heavy (non-hydrogen) atoms. The number of hydrogen-bond acceptors (Lipinski definition) is 3. The molecule has 0 fully saturated rings. The number of carbonyl (C=O) groups is 1. The van der Waals surface area contributed by atoms with Crippen LogP contribution in [0.3, 0.4) is 0 Å². The summed E-state index contributed by atoms with van der Waals surface area (Å²) in [5.41, 5.74) is -3.78. The number of alkyl halides is 3. The summed E-state index contributed by atoms with van der Waals surface area (Å²) in [4.78, 5) is 12.6. The lowest BCUT2D eigenvalue weighted by molar-refractivity contribution is -0.0429. The molecule has 0 unspecified atom stereocenters. The van der Waals surface area contributed by atoms with Crippen LogP contribution in [0.4, 0.5) is 18.9 Å². The lowest BCUT2D eigenvalue weighted by atomic mass is 9.95. The molecule has 1 N–H and O–H groups in total. The van der Waals surface area contributed by atoms with Crippen LogP contribution in [0.25, 0.3) is 0 Å². The fraction of sp³-hybridized carbons (Fsp3) is 0.188. The monoisotopic (exact) mass is 357 g/mol. The van der Waals surface area contributed by atoms with Crippen LogP contribution < -0.4 is 4.72 Å². The third-order valence-electron chi connectivity index (χ3n) is 3.39. The average Bonchev–Trinajstić information content (AvgIpc) is 2.45. The third-order valence-corrected chi connectivity index (χ3v) is 4.50. The molecule has 0 bridgehead atoms. The Hall–Kier alpha value is -2.35. The van der Waals surface area contributed by atoms with Gasteiger partial charge in [0.05, 0.1) is 0 Å². The summed E-state index contributed by atoms with van der Waals surface area (Å²) in [6, 6.07) is 10.2. The molecule has 0 aromatic heterocycles. The van der Waals surface area contributed by atoms with Gasteiger partial charge >= 0.3 is 15.5 Å². The lowest BCUT2D eigenvalue weighted by Crippen LogP contribution is -2.29. The summed E-state index contributed by atoms with van der Waals surface area (Å²) >= 11 is 0. The second-order valence-corrected chi connectivity index (χ2v) is 6.90. The van der Waals surface area contributed by atoms with Crippen molar-refractivity contribution in [3.05, 3.63) is 64.7 Å². The van der Waals surface area contributed by atoms with Gasteiger partial charge in [-0.3, -0.25) is 9.52 Å². The number of ketones is 1. The van der Waals surface area contributed by atoms with Gasteiger partial charge < -0.3 is 0 Å². The fourth-order valence-electron chi connectivity index (χ4n) is 2.25. The molecule has 0 aliphatic carbocycles. The highest BCUT2D eigenvalue weighted by Gasteiger charge is 2.46. The Balaban J connectivity index is 2.40. The van der Waals surface area contributed by atoms with Crippen LogP contribution in [0.1, 0.15) is 27.0 Å². The van der Waals surface area contributed by atoms with Crippen molar-refractivity contribution in [3.8, 4) is 0 Å². The number of benzene rings is 2. The SMILES string of the molecule is Cc1cccc(C)c1C(=O)c1cccc(NS(=O)(=O)C(F)(F)F)c1. The Morgan fingerprint density at radius 2 is 1.54 bits per heavy atom. The number of halogens is 3. The van der Waals surface area contributed by atoms with Gasteiger partial charge in [0.1, 0.15) is 0 Å².